The lowest BCUT2D eigenvalue weighted by Gasteiger charge is -2.34. The number of ether oxygens (including phenoxy) is 2. The Hall–Kier alpha value is -0.870. The van der Waals surface area contributed by atoms with E-state index in [2.05, 4.69) is 6.26 Å². The van der Waals surface area contributed by atoms with E-state index in [4.69, 9.17) is 9.47 Å². The fourth-order valence-corrected chi connectivity index (χ4v) is 3.57. The minimum atomic E-state index is -0.422. The standard InChI is InChI=1S/C14H18O3S/c1-16-9-3-4-10-11(15)8-13(17-12(10)7-9)14(18-2)5-6-14/h3-4,7,11,13,15H,5-6,8H2,1-2H3. The molecule has 0 saturated heterocycles. The largest absolute Gasteiger partial charge is 0.497 e. The average molecular weight is 266 g/mol. The Morgan fingerprint density at radius 1 is 1.44 bits per heavy atom. The molecule has 1 fully saturated rings. The molecule has 1 aromatic rings. The van der Waals surface area contributed by atoms with Crippen molar-refractivity contribution in [2.24, 2.45) is 0 Å². The lowest BCUT2D eigenvalue weighted by atomic mass is 9.96. The summed E-state index contributed by atoms with van der Waals surface area (Å²) in [6.45, 7) is 0. The second-order valence-corrected chi connectivity index (χ2v) is 6.25. The first kappa shape index (κ1) is 12.2. The first-order valence-corrected chi connectivity index (χ1v) is 7.49. The highest BCUT2D eigenvalue weighted by Crippen LogP contribution is 2.54. The van der Waals surface area contributed by atoms with E-state index in [1.807, 2.05) is 30.0 Å². The van der Waals surface area contributed by atoms with E-state index in [-0.39, 0.29) is 10.9 Å². The molecule has 0 spiro atoms. The predicted molar refractivity (Wildman–Crippen MR) is 72.5 cm³/mol. The monoisotopic (exact) mass is 266 g/mol. The number of aliphatic hydroxyl groups is 1. The molecule has 0 amide bonds. The maximum absolute atomic E-state index is 10.3. The van der Waals surface area contributed by atoms with Crippen molar-refractivity contribution in [2.75, 3.05) is 13.4 Å². The summed E-state index contributed by atoms with van der Waals surface area (Å²) < 4.78 is 11.5. The van der Waals surface area contributed by atoms with Crippen molar-refractivity contribution in [1.29, 1.82) is 0 Å². The maximum atomic E-state index is 10.3. The van der Waals surface area contributed by atoms with E-state index >= 15 is 0 Å². The third kappa shape index (κ3) is 1.88. The zero-order valence-electron chi connectivity index (χ0n) is 10.7. The quantitative estimate of drug-likeness (QED) is 0.913. The van der Waals surface area contributed by atoms with Gasteiger partial charge < -0.3 is 14.6 Å². The van der Waals surface area contributed by atoms with Crippen LogP contribution in [-0.4, -0.2) is 29.3 Å². The van der Waals surface area contributed by atoms with Gasteiger partial charge in [-0.15, -0.1) is 0 Å². The number of rotatable bonds is 3. The van der Waals surface area contributed by atoms with Gasteiger partial charge in [-0.3, -0.25) is 0 Å². The molecule has 3 nitrogen and oxygen atoms in total. The maximum Gasteiger partial charge on any atom is 0.129 e. The van der Waals surface area contributed by atoms with Gasteiger partial charge >= 0.3 is 0 Å². The topological polar surface area (TPSA) is 38.7 Å². The van der Waals surface area contributed by atoms with E-state index < -0.39 is 6.10 Å². The molecule has 1 N–H and O–H groups in total. The second kappa shape index (κ2) is 4.35. The average Bonchev–Trinajstić information content (AvgIpc) is 3.19. The molecule has 0 bridgehead atoms. The van der Waals surface area contributed by atoms with Crippen LogP contribution in [0.15, 0.2) is 18.2 Å². The van der Waals surface area contributed by atoms with E-state index in [9.17, 15) is 5.11 Å². The zero-order valence-corrected chi connectivity index (χ0v) is 11.5. The Balaban J connectivity index is 1.90. The van der Waals surface area contributed by atoms with Gasteiger partial charge in [-0.1, -0.05) is 0 Å². The van der Waals surface area contributed by atoms with E-state index in [0.29, 0.717) is 6.42 Å². The van der Waals surface area contributed by atoms with Crippen molar-refractivity contribution in [1.82, 2.24) is 0 Å². The molecule has 2 aliphatic rings. The number of hydrogen-bond acceptors (Lipinski definition) is 4. The van der Waals surface area contributed by atoms with Crippen LogP contribution < -0.4 is 9.47 Å². The highest BCUT2D eigenvalue weighted by Gasteiger charge is 2.52. The molecule has 4 heteroatoms. The Labute approximate surface area is 111 Å². The molecule has 2 unspecified atom stereocenters. The highest BCUT2D eigenvalue weighted by molar-refractivity contribution is 8.00. The van der Waals surface area contributed by atoms with Crippen LogP contribution in [0.5, 0.6) is 11.5 Å². The Morgan fingerprint density at radius 2 is 2.22 bits per heavy atom. The molecule has 3 rings (SSSR count). The smallest absolute Gasteiger partial charge is 0.129 e. The second-order valence-electron chi connectivity index (χ2n) is 5.03. The van der Waals surface area contributed by atoms with Crippen molar-refractivity contribution in [3.05, 3.63) is 23.8 Å². The minimum absolute atomic E-state index is 0.113. The molecule has 1 aromatic carbocycles. The predicted octanol–water partition coefficient (Wildman–Crippen LogP) is 2.78. The van der Waals surface area contributed by atoms with Crippen molar-refractivity contribution in [2.45, 2.75) is 36.2 Å². The van der Waals surface area contributed by atoms with E-state index in [1.165, 1.54) is 12.8 Å². The minimum Gasteiger partial charge on any atom is -0.497 e. The zero-order chi connectivity index (χ0) is 12.8. The summed E-state index contributed by atoms with van der Waals surface area (Å²) in [6.07, 6.45) is 4.89. The number of hydrogen-bond donors (Lipinski definition) is 1. The number of methoxy groups -OCH3 is 1. The van der Waals surface area contributed by atoms with Gasteiger partial charge in [0.1, 0.15) is 17.6 Å². The van der Waals surface area contributed by atoms with Crippen LogP contribution in [0.25, 0.3) is 0 Å². The molecule has 1 heterocycles. The van der Waals surface area contributed by atoms with E-state index in [0.717, 1.165) is 17.1 Å². The molecule has 2 atom stereocenters. The fourth-order valence-electron chi connectivity index (χ4n) is 2.65. The molecular weight excluding hydrogens is 248 g/mol. The highest BCUT2D eigenvalue weighted by atomic mass is 32.2. The molecular formula is C14H18O3S. The van der Waals surface area contributed by atoms with Crippen LogP contribution in [0.4, 0.5) is 0 Å². The normalized spacial score (nSPS) is 28.2. The summed E-state index contributed by atoms with van der Waals surface area (Å²) in [7, 11) is 1.64. The third-order valence-electron chi connectivity index (χ3n) is 4.02. The van der Waals surface area contributed by atoms with Gasteiger partial charge in [0, 0.05) is 18.1 Å². The van der Waals surface area contributed by atoms with Crippen molar-refractivity contribution >= 4 is 11.8 Å². The lowest BCUT2D eigenvalue weighted by Crippen LogP contribution is -2.36. The van der Waals surface area contributed by atoms with Gasteiger partial charge in [-0.2, -0.15) is 11.8 Å². The van der Waals surface area contributed by atoms with Crippen LogP contribution in [-0.2, 0) is 0 Å². The van der Waals surface area contributed by atoms with Gasteiger partial charge in [-0.25, -0.2) is 0 Å². The summed E-state index contributed by atoms with van der Waals surface area (Å²) in [4.78, 5) is 0. The molecule has 0 aromatic heterocycles. The molecule has 18 heavy (non-hydrogen) atoms. The Bertz CT molecular complexity index is 456. The van der Waals surface area contributed by atoms with Gasteiger partial charge in [0.15, 0.2) is 0 Å². The first-order valence-electron chi connectivity index (χ1n) is 6.26. The lowest BCUT2D eigenvalue weighted by molar-refractivity contribution is 0.0611. The van der Waals surface area contributed by atoms with Gasteiger partial charge in [0.25, 0.3) is 0 Å². The number of aliphatic hydroxyl groups excluding tert-OH is 1. The fraction of sp³-hybridized carbons (Fsp3) is 0.571. The Morgan fingerprint density at radius 3 is 2.83 bits per heavy atom. The van der Waals surface area contributed by atoms with Gasteiger partial charge in [-0.05, 0) is 31.2 Å². The SMILES string of the molecule is COc1ccc2c(c1)OC(C1(SC)CC1)CC2O. The van der Waals surface area contributed by atoms with Crippen molar-refractivity contribution in [3.8, 4) is 11.5 Å². The van der Waals surface area contributed by atoms with Crippen LogP contribution in [0, 0.1) is 0 Å². The molecule has 1 saturated carbocycles. The molecule has 1 aliphatic heterocycles. The number of benzene rings is 1. The molecule has 98 valence electrons. The van der Waals surface area contributed by atoms with Crippen LogP contribution >= 0.6 is 11.8 Å². The number of fused-ring (bicyclic) bond motifs is 1. The first-order chi connectivity index (χ1) is 8.68. The molecule has 0 radical (unpaired) electrons. The van der Waals surface area contributed by atoms with Gasteiger partial charge in [0.2, 0.25) is 0 Å². The third-order valence-corrected chi connectivity index (χ3v) is 5.51. The summed E-state index contributed by atoms with van der Waals surface area (Å²) >= 11 is 1.86. The summed E-state index contributed by atoms with van der Waals surface area (Å²) in [5.41, 5.74) is 0.879. The number of thioether (sulfide) groups is 1. The molecule has 1 aliphatic carbocycles. The van der Waals surface area contributed by atoms with E-state index in [1.54, 1.807) is 7.11 Å². The van der Waals surface area contributed by atoms with Crippen LogP contribution in [0.1, 0.15) is 30.9 Å². The van der Waals surface area contributed by atoms with Crippen molar-refractivity contribution in [3.63, 3.8) is 0 Å². The van der Waals surface area contributed by atoms with Crippen LogP contribution in [0.2, 0.25) is 0 Å². The summed E-state index contributed by atoms with van der Waals surface area (Å²) in [5, 5.41) is 10.3. The summed E-state index contributed by atoms with van der Waals surface area (Å²) in [5.74, 6) is 1.55. The van der Waals surface area contributed by atoms with Crippen LogP contribution in [0.3, 0.4) is 0 Å². The van der Waals surface area contributed by atoms with Crippen molar-refractivity contribution < 1.29 is 14.6 Å². The summed E-state index contributed by atoms with van der Waals surface area (Å²) in [6, 6.07) is 5.64. The Kier molecular flexibility index (Phi) is 2.94. The van der Waals surface area contributed by atoms with Gasteiger partial charge in [0.05, 0.1) is 18.0 Å².